The lowest BCUT2D eigenvalue weighted by Gasteiger charge is -2.23. The zero-order valence-corrected chi connectivity index (χ0v) is 21.2. The van der Waals surface area contributed by atoms with Crippen molar-refractivity contribution in [3.63, 3.8) is 0 Å². The van der Waals surface area contributed by atoms with Gasteiger partial charge >= 0.3 is 0 Å². The number of alkyl halides is 2. The number of nitrogens with zero attached hydrogens (tertiary/aromatic N) is 3. The van der Waals surface area contributed by atoms with Crippen LogP contribution in [0.25, 0.3) is 0 Å². The standard InChI is InChI=1S/C27H31F2N5O4/c1-27(28,29)15-38-20-4-2-3-18(11-20)7-8-19-12-21-24(26(36)32-19)23(34(33-21)10-9-17-5-6-17)13-30-25(35)22-14-37-16-31-22/h2-4,11,14,16-17,19H,5-10,12-13,15H2,1H3,(H,30,35)(H,32,36)/t19-/m0/s1. The molecular weight excluding hydrogens is 496 g/mol. The first-order valence-corrected chi connectivity index (χ1v) is 12.9. The predicted octanol–water partition coefficient (Wildman–Crippen LogP) is 3.92. The van der Waals surface area contributed by atoms with Crippen molar-refractivity contribution in [3.8, 4) is 5.75 Å². The molecule has 1 aliphatic carbocycles. The number of aryl methyl sites for hydroxylation is 2. The first-order valence-electron chi connectivity index (χ1n) is 12.9. The maximum absolute atomic E-state index is 13.2. The summed E-state index contributed by atoms with van der Waals surface area (Å²) in [6.07, 6.45) is 7.75. The minimum absolute atomic E-state index is 0.121. The minimum Gasteiger partial charge on any atom is -0.487 e. The number of oxazole rings is 1. The number of benzene rings is 1. The average molecular weight is 528 g/mol. The van der Waals surface area contributed by atoms with Crippen LogP contribution in [-0.2, 0) is 25.9 Å². The molecule has 1 aliphatic heterocycles. The number of ether oxygens (including phenoxy) is 1. The highest BCUT2D eigenvalue weighted by atomic mass is 19.3. The zero-order chi connectivity index (χ0) is 26.7. The predicted molar refractivity (Wildman–Crippen MR) is 133 cm³/mol. The molecule has 0 unspecified atom stereocenters. The molecule has 2 amide bonds. The number of amides is 2. The summed E-state index contributed by atoms with van der Waals surface area (Å²) in [5.74, 6) is -2.41. The molecule has 2 aliphatic rings. The smallest absolute Gasteiger partial charge is 0.278 e. The van der Waals surface area contributed by atoms with E-state index in [1.165, 1.54) is 25.5 Å². The summed E-state index contributed by atoms with van der Waals surface area (Å²) in [5.41, 5.74) is 3.04. The molecule has 1 fully saturated rings. The lowest BCUT2D eigenvalue weighted by Crippen LogP contribution is -2.42. The van der Waals surface area contributed by atoms with Crippen molar-refractivity contribution >= 4 is 11.8 Å². The molecule has 11 heteroatoms. The van der Waals surface area contributed by atoms with Crippen molar-refractivity contribution in [3.05, 3.63) is 65.1 Å². The average Bonchev–Trinajstić information content (AvgIpc) is 3.40. The van der Waals surface area contributed by atoms with Crippen LogP contribution >= 0.6 is 0 Å². The number of hydrogen-bond donors (Lipinski definition) is 2. The van der Waals surface area contributed by atoms with Gasteiger partial charge in [0.15, 0.2) is 18.7 Å². The number of aromatic nitrogens is 3. The largest absolute Gasteiger partial charge is 0.487 e. The highest BCUT2D eigenvalue weighted by Gasteiger charge is 2.32. The summed E-state index contributed by atoms with van der Waals surface area (Å²) in [4.78, 5) is 29.5. The summed E-state index contributed by atoms with van der Waals surface area (Å²) >= 11 is 0. The molecule has 1 atom stereocenters. The number of halogens is 2. The number of rotatable bonds is 12. The third kappa shape index (κ3) is 6.56. The molecule has 3 heterocycles. The Hall–Kier alpha value is -3.76. The van der Waals surface area contributed by atoms with E-state index in [1.54, 1.807) is 18.2 Å². The molecule has 3 aromatic rings. The van der Waals surface area contributed by atoms with Gasteiger partial charge in [0.2, 0.25) is 0 Å². The fourth-order valence-corrected chi connectivity index (χ4v) is 4.67. The van der Waals surface area contributed by atoms with Gasteiger partial charge in [0.1, 0.15) is 12.0 Å². The monoisotopic (exact) mass is 527 g/mol. The second-order valence-corrected chi connectivity index (χ2v) is 10.2. The maximum atomic E-state index is 13.2. The second-order valence-electron chi connectivity index (χ2n) is 10.2. The van der Waals surface area contributed by atoms with Crippen LogP contribution in [0.15, 0.2) is 41.3 Å². The molecule has 2 aromatic heterocycles. The van der Waals surface area contributed by atoms with Crippen LogP contribution in [0.5, 0.6) is 5.75 Å². The Morgan fingerprint density at radius 1 is 1.32 bits per heavy atom. The van der Waals surface area contributed by atoms with Gasteiger partial charge in [-0.05, 0) is 42.9 Å². The molecule has 5 rings (SSSR count). The van der Waals surface area contributed by atoms with Gasteiger partial charge < -0.3 is 19.8 Å². The third-order valence-corrected chi connectivity index (χ3v) is 6.83. The van der Waals surface area contributed by atoms with E-state index in [4.69, 9.17) is 14.3 Å². The first kappa shape index (κ1) is 25.9. The molecule has 9 nitrogen and oxygen atoms in total. The number of carbonyl (C=O) groups is 2. The SMILES string of the molecule is CC(F)(F)COc1cccc(CC[C@H]2Cc3nn(CCC4CC4)c(CNC(=O)c4cocn4)c3C(=O)N2)c1. The molecule has 0 spiro atoms. The number of carbonyl (C=O) groups excluding carboxylic acids is 2. The van der Waals surface area contributed by atoms with E-state index in [1.807, 2.05) is 10.7 Å². The molecular formula is C27H31F2N5O4. The topological polar surface area (TPSA) is 111 Å². The van der Waals surface area contributed by atoms with Gasteiger partial charge in [-0.3, -0.25) is 14.3 Å². The fourth-order valence-electron chi connectivity index (χ4n) is 4.67. The van der Waals surface area contributed by atoms with Crippen molar-refractivity contribution in [2.24, 2.45) is 5.92 Å². The van der Waals surface area contributed by atoms with Crippen molar-refractivity contribution < 1.29 is 27.5 Å². The molecule has 1 aromatic carbocycles. The maximum Gasteiger partial charge on any atom is 0.278 e. The van der Waals surface area contributed by atoms with E-state index in [2.05, 4.69) is 15.6 Å². The Labute approximate surface area is 218 Å². The fraction of sp³-hybridized carbons (Fsp3) is 0.481. The molecule has 38 heavy (non-hydrogen) atoms. The molecule has 0 bridgehead atoms. The Morgan fingerprint density at radius 2 is 2.16 bits per heavy atom. The van der Waals surface area contributed by atoms with E-state index in [0.717, 1.165) is 24.6 Å². The minimum atomic E-state index is -2.90. The van der Waals surface area contributed by atoms with Gasteiger partial charge in [0, 0.05) is 25.9 Å². The van der Waals surface area contributed by atoms with Crippen molar-refractivity contribution in [2.75, 3.05) is 6.61 Å². The third-order valence-electron chi connectivity index (χ3n) is 6.83. The van der Waals surface area contributed by atoms with Gasteiger partial charge in [-0.15, -0.1) is 0 Å². The van der Waals surface area contributed by atoms with E-state index in [-0.39, 0.29) is 30.1 Å². The summed E-state index contributed by atoms with van der Waals surface area (Å²) in [6.45, 7) is 0.984. The lowest BCUT2D eigenvalue weighted by atomic mass is 9.95. The van der Waals surface area contributed by atoms with E-state index >= 15 is 0 Å². The van der Waals surface area contributed by atoms with Crippen LogP contribution in [-0.4, -0.2) is 45.2 Å². The summed E-state index contributed by atoms with van der Waals surface area (Å²) in [5, 5.41) is 10.7. The van der Waals surface area contributed by atoms with Crippen LogP contribution in [0.2, 0.25) is 0 Å². The summed E-state index contributed by atoms with van der Waals surface area (Å²) < 4.78 is 38.2. The molecule has 2 N–H and O–H groups in total. The normalized spacial score (nSPS) is 17.1. The second kappa shape index (κ2) is 10.9. The molecule has 0 saturated heterocycles. The van der Waals surface area contributed by atoms with Gasteiger partial charge in [-0.2, -0.15) is 5.10 Å². The number of fused-ring (bicyclic) bond motifs is 1. The van der Waals surface area contributed by atoms with Crippen molar-refractivity contribution in [2.45, 2.75) is 70.5 Å². The van der Waals surface area contributed by atoms with Crippen LogP contribution in [0, 0.1) is 5.92 Å². The van der Waals surface area contributed by atoms with Crippen molar-refractivity contribution in [1.82, 2.24) is 25.4 Å². The van der Waals surface area contributed by atoms with Crippen molar-refractivity contribution in [1.29, 1.82) is 0 Å². The Bertz CT molecular complexity index is 1280. The highest BCUT2D eigenvalue weighted by Crippen LogP contribution is 2.33. The van der Waals surface area contributed by atoms with E-state index < -0.39 is 12.5 Å². The number of nitrogens with one attached hydrogen (secondary N) is 2. The Morgan fingerprint density at radius 3 is 2.89 bits per heavy atom. The quantitative estimate of drug-likeness (QED) is 0.369. The molecule has 0 radical (unpaired) electrons. The van der Waals surface area contributed by atoms with Crippen LogP contribution in [0.4, 0.5) is 8.78 Å². The first-order chi connectivity index (χ1) is 18.2. The highest BCUT2D eigenvalue weighted by molar-refractivity contribution is 5.98. The van der Waals surface area contributed by atoms with Crippen LogP contribution in [0.1, 0.15) is 70.4 Å². The van der Waals surface area contributed by atoms with Crippen LogP contribution < -0.4 is 15.4 Å². The van der Waals surface area contributed by atoms with Gasteiger partial charge in [-0.25, -0.2) is 13.8 Å². The van der Waals surface area contributed by atoms with Gasteiger partial charge in [0.05, 0.1) is 23.5 Å². The van der Waals surface area contributed by atoms with Gasteiger partial charge in [-0.1, -0.05) is 25.0 Å². The zero-order valence-electron chi connectivity index (χ0n) is 21.2. The summed E-state index contributed by atoms with van der Waals surface area (Å²) in [6, 6.07) is 6.97. The molecule has 202 valence electrons. The Kier molecular flexibility index (Phi) is 7.44. The number of hydrogen-bond acceptors (Lipinski definition) is 6. The van der Waals surface area contributed by atoms with Crippen LogP contribution in [0.3, 0.4) is 0 Å². The summed E-state index contributed by atoms with van der Waals surface area (Å²) in [7, 11) is 0. The van der Waals surface area contributed by atoms with Gasteiger partial charge in [0.25, 0.3) is 17.7 Å². The lowest BCUT2D eigenvalue weighted by molar-refractivity contribution is -0.0229. The molecule has 1 saturated carbocycles. The Balaban J connectivity index is 1.25. The van der Waals surface area contributed by atoms with E-state index in [0.29, 0.717) is 48.7 Å². The van der Waals surface area contributed by atoms with E-state index in [9.17, 15) is 18.4 Å².